The highest BCUT2D eigenvalue weighted by Crippen LogP contribution is 1.92. The van der Waals surface area contributed by atoms with Crippen LogP contribution in [-0.4, -0.2) is 10.4 Å². The molecule has 0 N–H and O–H groups in total. The molecule has 0 saturated carbocycles. The zero-order valence-electron chi connectivity index (χ0n) is 7.54. The van der Waals surface area contributed by atoms with Gasteiger partial charge in [0, 0.05) is 6.92 Å². The highest BCUT2D eigenvalue weighted by atomic mass is 35.5. The lowest BCUT2D eigenvalue weighted by atomic mass is 10.4. The van der Waals surface area contributed by atoms with E-state index in [4.69, 9.17) is 0 Å². The minimum Gasteiger partial charge on any atom is -1.00 e. The number of carbonyl (C=O) groups excluding carboxylic acids is 1. The van der Waals surface area contributed by atoms with Gasteiger partial charge in [-0.3, -0.25) is 4.79 Å². The normalized spacial score (nSPS) is 9.25. The number of nitrogens with zero attached hydrogens (tertiary/aromatic N) is 2. The number of aromatic nitrogens is 2. The van der Waals surface area contributed by atoms with Crippen LogP contribution >= 0.6 is 0 Å². The summed E-state index contributed by atoms with van der Waals surface area (Å²) < 4.78 is 3.92. The van der Waals surface area contributed by atoms with Gasteiger partial charge < -0.3 is 12.4 Å². The lowest BCUT2D eigenvalue weighted by Gasteiger charge is -1.93. The second-order valence-corrected chi connectivity index (χ2v) is 2.79. The van der Waals surface area contributed by atoms with Crippen LogP contribution in [0.5, 0.6) is 0 Å². The number of rotatable bonds is 2. The van der Waals surface area contributed by atoms with Crippen LogP contribution in [0.15, 0.2) is 12.4 Å². The number of Topliss-reactive ketones (excluding diaryl/α,β-unsaturated/α-hetero) is 1. The van der Waals surface area contributed by atoms with Gasteiger partial charge >= 0.3 is 0 Å². The fourth-order valence-corrected chi connectivity index (χ4v) is 1.01. The first kappa shape index (κ1) is 11.2. The van der Waals surface area contributed by atoms with Crippen molar-refractivity contribution in [1.82, 2.24) is 4.57 Å². The molecule has 1 aromatic rings. The Labute approximate surface area is 78.4 Å². The molecule has 0 aliphatic carbocycles. The minimum absolute atomic E-state index is 0. The van der Waals surface area contributed by atoms with Crippen LogP contribution in [-0.2, 0) is 18.4 Å². The van der Waals surface area contributed by atoms with Crippen LogP contribution in [0.25, 0.3) is 0 Å². The molecule has 4 heteroatoms. The quantitative estimate of drug-likeness (QED) is 0.461. The third-order valence-electron chi connectivity index (χ3n) is 1.79. The second-order valence-electron chi connectivity index (χ2n) is 2.79. The van der Waals surface area contributed by atoms with Gasteiger partial charge in [0.15, 0.2) is 5.78 Å². The molecule has 12 heavy (non-hydrogen) atoms. The average Bonchev–Trinajstić information content (AvgIpc) is 2.18. The molecule has 3 nitrogen and oxygen atoms in total. The summed E-state index contributed by atoms with van der Waals surface area (Å²) in [5, 5.41) is 0. The molecule has 0 bridgehead atoms. The molecule has 0 atom stereocenters. The molecule has 0 aliphatic rings. The summed E-state index contributed by atoms with van der Waals surface area (Å²) >= 11 is 0. The number of ketones is 1. The van der Waals surface area contributed by atoms with Gasteiger partial charge in [-0.2, -0.15) is 0 Å². The molecule has 1 heterocycles. The molecule has 0 radical (unpaired) electrons. The topological polar surface area (TPSA) is 25.9 Å². The Balaban J connectivity index is 0.00000121. The van der Waals surface area contributed by atoms with Crippen LogP contribution in [0, 0.1) is 6.92 Å². The molecule has 0 aromatic carbocycles. The fourth-order valence-electron chi connectivity index (χ4n) is 1.01. The van der Waals surface area contributed by atoms with Crippen molar-refractivity contribution < 1.29 is 21.8 Å². The third kappa shape index (κ3) is 2.34. The summed E-state index contributed by atoms with van der Waals surface area (Å²) in [6, 6.07) is 0. The summed E-state index contributed by atoms with van der Waals surface area (Å²) in [5.41, 5.74) is 0. The molecule has 1 rings (SSSR count). The summed E-state index contributed by atoms with van der Waals surface area (Å²) in [5.74, 6) is 1.28. The smallest absolute Gasteiger partial charge is 0.253 e. The van der Waals surface area contributed by atoms with Crippen molar-refractivity contribution in [1.29, 1.82) is 0 Å². The van der Waals surface area contributed by atoms with E-state index in [2.05, 4.69) is 0 Å². The van der Waals surface area contributed by atoms with Crippen molar-refractivity contribution in [2.45, 2.75) is 20.4 Å². The van der Waals surface area contributed by atoms with E-state index < -0.39 is 0 Å². The van der Waals surface area contributed by atoms with E-state index in [0.717, 1.165) is 5.82 Å². The highest BCUT2D eigenvalue weighted by molar-refractivity contribution is 5.75. The van der Waals surface area contributed by atoms with Crippen molar-refractivity contribution in [3.05, 3.63) is 18.2 Å². The van der Waals surface area contributed by atoms with Crippen molar-refractivity contribution in [3.8, 4) is 0 Å². The van der Waals surface area contributed by atoms with Crippen molar-refractivity contribution in [2.75, 3.05) is 0 Å². The summed E-state index contributed by atoms with van der Waals surface area (Å²) in [4.78, 5) is 10.7. The summed E-state index contributed by atoms with van der Waals surface area (Å²) in [6.45, 7) is 4.06. The van der Waals surface area contributed by atoms with Crippen LogP contribution < -0.4 is 17.0 Å². The molecule has 0 saturated heterocycles. The van der Waals surface area contributed by atoms with E-state index in [-0.39, 0.29) is 18.2 Å². The van der Waals surface area contributed by atoms with E-state index in [1.54, 1.807) is 6.92 Å². The van der Waals surface area contributed by atoms with Gasteiger partial charge in [0.2, 0.25) is 0 Å². The molecular weight excluding hydrogens is 176 g/mol. The molecule has 1 aromatic heterocycles. The van der Waals surface area contributed by atoms with E-state index in [0.29, 0.717) is 6.54 Å². The van der Waals surface area contributed by atoms with Gasteiger partial charge in [0.05, 0.1) is 7.05 Å². The van der Waals surface area contributed by atoms with E-state index in [1.165, 1.54) is 0 Å². The van der Waals surface area contributed by atoms with Crippen molar-refractivity contribution in [2.24, 2.45) is 7.05 Å². The van der Waals surface area contributed by atoms with Crippen molar-refractivity contribution in [3.63, 3.8) is 0 Å². The Hall–Kier alpha value is -0.830. The fraction of sp³-hybridized carbons (Fsp3) is 0.500. The van der Waals surface area contributed by atoms with Gasteiger partial charge in [0.25, 0.3) is 5.82 Å². The van der Waals surface area contributed by atoms with Gasteiger partial charge in [-0.25, -0.2) is 9.13 Å². The Bertz CT molecular complexity index is 281. The predicted octanol–water partition coefficient (Wildman–Crippen LogP) is -2.79. The second kappa shape index (κ2) is 4.26. The van der Waals surface area contributed by atoms with Gasteiger partial charge in [0.1, 0.15) is 18.9 Å². The number of aryl methyl sites for hydroxylation is 1. The van der Waals surface area contributed by atoms with Gasteiger partial charge in [-0.05, 0) is 6.92 Å². The van der Waals surface area contributed by atoms with Crippen LogP contribution in [0.4, 0.5) is 0 Å². The SMILES string of the molecule is CC(=O)Cn1cc[n+](C)c1C.[Cl-]. The lowest BCUT2D eigenvalue weighted by Crippen LogP contribution is -3.00. The Kier molecular flexibility index (Phi) is 3.96. The summed E-state index contributed by atoms with van der Waals surface area (Å²) in [6.07, 6.45) is 3.86. The Morgan fingerprint density at radius 1 is 1.67 bits per heavy atom. The molecule has 0 fully saturated rings. The number of hydrogen-bond donors (Lipinski definition) is 0. The Morgan fingerprint density at radius 2 is 2.25 bits per heavy atom. The van der Waals surface area contributed by atoms with E-state index in [1.807, 2.05) is 35.5 Å². The number of carbonyl (C=O) groups is 1. The molecule has 0 unspecified atom stereocenters. The number of hydrogen-bond acceptors (Lipinski definition) is 1. The highest BCUT2D eigenvalue weighted by Gasteiger charge is 2.09. The first-order valence-electron chi connectivity index (χ1n) is 3.62. The maximum Gasteiger partial charge on any atom is 0.253 e. The van der Waals surface area contributed by atoms with Crippen LogP contribution in [0.2, 0.25) is 0 Å². The van der Waals surface area contributed by atoms with Crippen molar-refractivity contribution >= 4 is 5.78 Å². The Morgan fingerprint density at radius 3 is 2.58 bits per heavy atom. The summed E-state index contributed by atoms with van der Waals surface area (Å²) in [7, 11) is 1.96. The van der Waals surface area contributed by atoms with Gasteiger partial charge in [-0.1, -0.05) is 0 Å². The van der Waals surface area contributed by atoms with E-state index in [9.17, 15) is 4.79 Å². The molecular formula is C8H13ClN2O. The average molecular weight is 189 g/mol. The van der Waals surface area contributed by atoms with E-state index >= 15 is 0 Å². The predicted molar refractivity (Wildman–Crippen MR) is 41.0 cm³/mol. The van der Waals surface area contributed by atoms with Crippen LogP contribution in [0.3, 0.4) is 0 Å². The zero-order chi connectivity index (χ0) is 8.43. The minimum atomic E-state index is 0. The first-order valence-corrected chi connectivity index (χ1v) is 3.62. The molecule has 0 spiro atoms. The zero-order valence-corrected chi connectivity index (χ0v) is 8.30. The first-order chi connectivity index (χ1) is 5.11. The largest absolute Gasteiger partial charge is 1.00 e. The third-order valence-corrected chi connectivity index (χ3v) is 1.79. The van der Waals surface area contributed by atoms with Crippen LogP contribution in [0.1, 0.15) is 12.7 Å². The number of imidazole rings is 1. The van der Waals surface area contributed by atoms with Gasteiger partial charge in [-0.15, -0.1) is 0 Å². The molecule has 68 valence electrons. The number of halogens is 1. The monoisotopic (exact) mass is 188 g/mol. The maximum absolute atomic E-state index is 10.7. The maximum atomic E-state index is 10.7. The standard InChI is InChI=1S/C8H13N2O.ClH/c1-7(11)6-10-5-4-9(3)8(10)2;/h4-5H,6H2,1-3H3;1H/q+1;/p-1. The molecule has 0 aliphatic heterocycles. The molecule has 0 amide bonds. The lowest BCUT2D eigenvalue weighted by molar-refractivity contribution is -0.677.